The molecule has 11 aromatic rings. The van der Waals surface area contributed by atoms with Gasteiger partial charge < -0.3 is 9.88 Å². The van der Waals surface area contributed by atoms with Crippen molar-refractivity contribution in [2.24, 2.45) is 0 Å². The van der Waals surface area contributed by atoms with E-state index in [1.54, 1.807) is 0 Å². The van der Waals surface area contributed by atoms with E-state index in [0.717, 1.165) is 12.1 Å². The molecule has 0 amide bonds. The number of nitrogens with one attached hydrogen (secondary N) is 1. The van der Waals surface area contributed by atoms with E-state index in [4.69, 9.17) is 0 Å². The number of aromatic nitrogens is 1. The second kappa shape index (κ2) is 14.0. The number of thiophene rings is 1. The lowest BCUT2D eigenvalue weighted by Gasteiger charge is -2.27. The summed E-state index contributed by atoms with van der Waals surface area (Å²) in [4.78, 5) is 6.38. The lowest BCUT2D eigenvalue weighted by atomic mass is 9.91. The molecule has 1 unspecified atom stereocenters. The molecule has 0 radical (unpaired) electrons. The fourth-order valence-electron chi connectivity index (χ4n) is 9.91. The van der Waals surface area contributed by atoms with Gasteiger partial charge in [-0.1, -0.05) is 165 Å². The number of aromatic amines is 1. The predicted octanol–water partition coefficient (Wildman–Crippen LogP) is 16.7. The molecule has 2 nitrogen and oxygen atoms in total. The molecular formula is C57H40N2S. The quantitative estimate of drug-likeness (QED) is 0.171. The number of nitrogens with zero attached hydrogens (tertiary/aromatic N) is 1. The van der Waals surface area contributed by atoms with Crippen LogP contribution in [0.4, 0.5) is 17.1 Å². The topological polar surface area (TPSA) is 19.0 Å². The molecule has 2 aromatic heterocycles. The SMILES string of the molecule is CCC1c2cc(-c3cccc4c3[nH]c3c(-c5ccccc5)cccc34)ccc2-c2ccc(N(c3ccc(-c4ccccc4)cc3)c3cccc4c3sc3ccccc34)cc21. The van der Waals surface area contributed by atoms with Crippen LogP contribution < -0.4 is 4.90 Å². The third-order valence-electron chi connectivity index (χ3n) is 12.7. The normalized spacial score (nSPS) is 13.3. The highest BCUT2D eigenvalue weighted by Gasteiger charge is 2.30. The number of fused-ring (bicyclic) bond motifs is 9. The summed E-state index contributed by atoms with van der Waals surface area (Å²) in [5, 5.41) is 5.12. The summed E-state index contributed by atoms with van der Waals surface area (Å²) in [6, 6.07) is 73.8. The minimum atomic E-state index is 0.281. The number of anilines is 3. The van der Waals surface area contributed by atoms with E-state index >= 15 is 0 Å². The predicted molar refractivity (Wildman–Crippen MR) is 257 cm³/mol. The molecule has 1 atom stereocenters. The Hall–Kier alpha value is -7.20. The maximum Gasteiger partial charge on any atom is 0.0640 e. The van der Waals surface area contributed by atoms with Gasteiger partial charge in [0, 0.05) is 54.7 Å². The Morgan fingerprint density at radius 2 is 0.983 bits per heavy atom. The van der Waals surface area contributed by atoms with E-state index in [-0.39, 0.29) is 5.92 Å². The molecule has 3 heteroatoms. The van der Waals surface area contributed by atoms with E-state index in [1.807, 2.05) is 11.3 Å². The minimum absolute atomic E-state index is 0.281. The van der Waals surface area contributed by atoms with E-state index in [9.17, 15) is 0 Å². The number of benzene rings is 9. The van der Waals surface area contributed by atoms with Gasteiger partial charge in [-0.3, -0.25) is 0 Å². The van der Waals surface area contributed by atoms with Gasteiger partial charge in [0.1, 0.15) is 0 Å². The molecule has 1 N–H and O–H groups in total. The first-order valence-corrected chi connectivity index (χ1v) is 21.8. The van der Waals surface area contributed by atoms with Crippen molar-refractivity contribution in [2.75, 3.05) is 4.90 Å². The van der Waals surface area contributed by atoms with Crippen LogP contribution in [0.5, 0.6) is 0 Å². The summed E-state index contributed by atoms with van der Waals surface area (Å²) in [7, 11) is 0. The highest BCUT2D eigenvalue weighted by Crippen LogP contribution is 2.52. The average molecular weight is 785 g/mol. The molecule has 0 bridgehead atoms. The average Bonchev–Trinajstić information content (AvgIpc) is 3.99. The molecule has 1 aliphatic rings. The molecule has 1 aliphatic carbocycles. The second-order valence-corrected chi connectivity index (χ2v) is 17.0. The third-order valence-corrected chi connectivity index (χ3v) is 13.9. The van der Waals surface area contributed by atoms with Gasteiger partial charge in [0.05, 0.1) is 21.4 Å². The van der Waals surface area contributed by atoms with Crippen LogP contribution in [-0.2, 0) is 0 Å². The first kappa shape index (κ1) is 34.8. The Morgan fingerprint density at radius 3 is 1.72 bits per heavy atom. The van der Waals surface area contributed by atoms with Crippen LogP contribution in [0.15, 0.2) is 200 Å². The lowest BCUT2D eigenvalue weighted by molar-refractivity contribution is 0.797. The second-order valence-electron chi connectivity index (χ2n) is 16.0. The third kappa shape index (κ3) is 5.47. The van der Waals surface area contributed by atoms with E-state index < -0.39 is 0 Å². The van der Waals surface area contributed by atoms with E-state index in [2.05, 4.69) is 217 Å². The summed E-state index contributed by atoms with van der Waals surface area (Å²) < 4.78 is 2.61. The Bertz CT molecular complexity index is 3410. The van der Waals surface area contributed by atoms with Gasteiger partial charge in [-0.05, 0) is 93.4 Å². The summed E-state index contributed by atoms with van der Waals surface area (Å²) in [5.74, 6) is 0.281. The van der Waals surface area contributed by atoms with E-state index in [1.165, 1.54) is 109 Å². The van der Waals surface area contributed by atoms with Gasteiger partial charge >= 0.3 is 0 Å². The maximum absolute atomic E-state index is 3.90. The molecule has 9 aromatic carbocycles. The Balaban J connectivity index is 0.978. The number of hydrogen-bond acceptors (Lipinski definition) is 2. The molecular weight excluding hydrogens is 745 g/mol. The summed E-state index contributed by atoms with van der Waals surface area (Å²) in [6.45, 7) is 2.34. The monoisotopic (exact) mass is 784 g/mol. The van der Waals surface area contributed by atoms with Crippen molar-refractivity contribution in [3.05, 3.63) is 211 Å². The van der Waals surface area contributed by atoms with Crippen LogP contribution in [0, 0.1) is 0 Å². The number of hydrogen-bond donors (Lipinski definition) is 1. The van der Waals surface area contributed by atoms with Gasteiger partial charge in [-0.15, -0.1) is 11.3 Å². The van der Waals surface area contributed by atoms with Crippen LogP contribution in [-0.4, -0.2) is 4.98 Å². The largest absolute Gasteiger partial charge is 0.353 e. The maximum atomic E-state index is 3.90. The van der Waals surface area contributed by atoms with Crippen molar-refractivity contribution in [2.45, 2.75) is 19.3 Å². The van der Waals surface area contributed by atoms with Crippen LogP contribution in [0.25, 0.3) is 86.5 Å². The molecule has 60 heavy (non-hydrogen) atoms. The number of para-hydroxylation sites is 2. The van der Waals surface area contributed by atoms with Crippen molar-refractivity contribution in [3.63, 3.8) is 0 Å². The van der Waals surface area contributed by atoms with Crippen LogP contribution in [0.2, 0.25) is 0 Å². The summed E-state index contributed by atoms with van der Waals surface area (Å²) >= 11 is 1.88. The first-order valence-electron chi connectivity index (χ1n) is 20.9. The molecule has 0 aliphatic heterocycles. The fourth-order valence-corrected chi connectivity index (χ4v) is 11.1. The molecule has 284 valence electrons. The Morgan fingerprint density at radius 1 is 0.433 bits per heavy atom. The van der Waals surface area contributed by atoms with Gasteiger partial charge in [0.25, 0.3) is 0 Å². The van der Waals surface area contributed by atoms with Crippen molar-refractivity contribution in [1.29, 1.82) is 0 Å². The Kier molecular flexibility index (Phi) is 8.11. The zero-order valence-electron chi connectivity index (χ0n) is 33.2. The fraction of sp³-hybridized carbons (Fsp3) is 0.0526. The molecule has 0 fully saturated rings. The zero-order chi connectivity index (χ0) is 39.7. The van der Waals surface area contributed by atoms with Gasteiger partial charge in [0.15, 0.2) is 0 Å². The molecule has 0 saturated carbocycles. The number of rotatable bonds is 7. The highest BCUT2D eigenvalue weighted by molar-refractivity contribution is 7.26. The van der Waals surface area contributed by atoms with Crippen molar-refractivity contribution >= 4 is 70.4 Å². The molecule has 12 rings (SSSR count). The minimum Gasteiger partial charge on any atom is -0.353 e. The molecule has 2 heterocycles. The van der Waals surface area contributed by atoms with E-state index in [0.29, 0.717) is 0 Å². The van der Waals surface area contributed by atoms with Gasteiger partial charge in [0.2, 0.25) is 0 Å². The van der Waals surface area contributed by atoms with Gasteiger partial charge in [-0.25, -0.2) is 0 Å². The van der Waals surface area contributed by atoms with Crippen LogP contribution in [0.1, 0.15) is 30.4 Å². The first-order chi connectivity index (χ1) is 29.7. The van der Waals surface area contributed by atoms with Crippen LogP contribution >= 0.6 is 11.3 Å². The van der Waals surface area contributed by atoms with Crippen molar-refractivity contribution in [3.8, 4) is 44.5 Å². The van der Waals surface area contributed by atoms with Crippen LogP contribution in [0.3, 0.4) is 0 Å². The lowest BCUT2D eigenvalue weighted by Crippen LogP contribution is -2.10. The smallest absolute Gasteiger partial charge is 0.0640 e. The summed E-state index contributed by atoms with van der Waals surface area (Å²) in [5.41, 5.74) is 18.7. The highest BCUT2D eigenvalue weighted by atomic mass is 32.1. The number of H-pyrrole nitrogens is 1. The zero-order valence-corrected chi connectivity index (χ0v) is 34.0. The summed E-state index contributed by atoms with van der Waals surface area (Å²) in [6.07, 6.45) is 1.02. The van der Waals surface area contributed by atoms with Gasteiger partial charge in [-0.2, -0.15) is 0 Å². The molecule has 0 spiro atoms. The Labute approximate surface area is 353 Å². The molecule has 0 saturated heterocycles. The standard InChI is InChI=1S/C57H40N2S/c1-2-42-51-34-39(44-20-12-22-49-48-21-11-19-43(55(48)58-56(44)49)38-16-7-4-8-17-38)28-32-45(51)46-33-31-41(35-52(42)46)59(40-29-26-37(27-30-40)36-14-5-3-6-15-36)53-24-13-23-50-47-18-9-10-25-54(47)60-57(50)53/h3-35,42,58H,2H2,1H3. The van der Waals surface area contributed by atoms with Crippen molar-refractivity contribution in [1.82, 2.24) is 4.98 Å². The van der Waals surface area contributed by atoms with Crippen molar-refractivity contribution < 1.29 is 0 Å².